The molecular weight excluding hydrogens is 426 g/mol. The quantitative estimate of drug-likeness (QED) is 0.625. The van der Waals surface area contributed by atoms with Crippen molar-refractivity contribution in [3.8, 4) is 0 Å². The van der Waals surface area contributed by atoms with Crippen LogP contribution in [0.1, 0.15) is 37.5 Å². The molecule has 7 nitrogen and oxygen atoms in total. The number of sulfonamides is 1. The molecule has 0 radical (unpaired) electrons. The molecule has 0 saturated carbocycles. The molecule has 0 aliphatic heterocycles. The Morgan fingerprint density at radius 3 is 2.03 bits per heavy atom. The van der Waals surface area contributed by atoms with Gasteiger partial charge in [0.15, 0.2) is 0 Å². The van der Waals surface area contributed by atoms with Crippen LogP contribution in [0.4, 0.5) is 5.69 Å². The van der Waals surface area contributed by atoms with Gasteiger partial charge in [-0.05, 0) is 57.4 Å². The molecule has 0 aliphatic carbocycles. The predicted molar refractivity (Wildman–Crippen MR) is 128 cm³/mol. The molecule has 2 aromatic carbocycles. The van der Waals surface area contributed by atoms with Crippen LogP contribution in [-0.4, -0.2) is 50.0 Å². The second kappa shape index (κ2) is 10.6. The van der Waals surface area contributed by atoms with Crippen molar-refractivity contribution in [3.63, 3.8) is 0 Å². The third kappa shape index (κ3) is 6.56. The van der Waals surface area contributed by atoms with E-state index in [0.717, 1.165) is 27.3 Å². The average molecular weight is 460 g/mol. The average Bonchev–Trinajstić information content (AvgIpc) is 2.70. The van der Waals surface area contributed by atoms with Gasteiger partial charge in [-0.15, -0.1) is 0 Å². The molecule has 1 atom stereocenters. The van der Waals surface area contributed by atoms with Gasteiger partial charge in [-0.25, -0.2) is 8.42 Å². The lowest BCUT2D eigenvalue weighted by atomic mass is 10.1. The number of amides is 2. The molecule has 2 rings (SSSR count). The number of anilines is 1. The summed E-state index contributed by atoms with van der Waals surface area (Å²) < 4.78 is 26.3. The fourth-order valence-electron chi connectivity index (χ4n) is 3.40. The van der Waals surface area contributed by atoms with Crippen molar-refractivity contribution in [2.75, 3.05) is 17.1 Å². The van der Waals surface area contributed by atoms with Crippen molar-refractivity contribution < 1.29 is 18.0 Å². The van der Waals surface area contributed by atoms with Crippen LogP contribution in [0.25, 0.3) is 0 Å². The third-order valence-corrected chi connectivity index (χ3v) is 6.39. The Bertz CT molecular complexity index is 1070. The van der Waals surface area contributed by atoms with Crippen LogP contribution in [0.3, 0.4) is 0 Å². The lowest BCUT2D eigenvalue weighted by Crippen LogP contribution is -2.52. The van der Waals surface area contributed by atoms with E-state index >= 15 is 0 Å². The van der Waals surface area contributed by atoms with E-state index in [-0.39, 0.29) is 18.5 Å². The van der Waals surface area contributed by atoms with Crippen molar-refractivity contribution in [2.24, 2.45) is 0 Å². The van der Waals surface area contributed by atoms with Crippen molar-refractivity contribution in [2.45, 2.75) is 53.2 Å². The van der Waals surface area contributed by atoms with Crippen molar-refractivity contribution >= 4 is 27.5 Å². The maximum atomic E-state index is 13.5. The number of benzene rings is 2. The highest BCUT2D eigenvalue weighted by molar-refractivity contribution is 7.92. The highest BCUT2D eigenvalue weighted by Gasteiger charge is 2.30. The molecule has 0 saturated heterocycles. The van der Waals surface area contributed by atoms with E-state index in [1.54, 1.807) is 32.0 Å². The van der Waals surface area contributed by atoms with Gasteiger partial charge in [0.1, 0.15) is 12.6 Å². The fourth-order valence-corrected chi connectivity index (χ4v) is 4.30. The molecule has 32 heavy (non-hydrogen) atoms. The van der Waals surface area contributed by atoms with E-state index in [2.05, 4.69) is 5.32 Å². The minimum atomic E-state index is -3.73. The summed E-state index contributed by atoms with van der Waals surface area (Å²) in [5.74, 6) is -0.739. The van der Waals surface area contributed by atoms with E-state index in [0.29, 0.717) is 5.69 Å². The van der Waals surface area contributed by atoms with Crippen LogP contribution in [0.5, 0.6) is 0 Å². The molecule has 0 fully saturated rings. The van der Waals surface area contributed by atoms with Gasteiger partial charge >= 0.3 is 0 Å². The number of nitrogens with one attached hydrogen (secondary N) is 1. The first-order valence-electron chi connectivity index (χ1n) is 10.6. The van der Waals surface area contributed by atoms with Crippen molar-refractivity contribution in [3.05, 3.63) is 65.2 Å². The number of carbonyl (C=O) groups excluding carboxylic acids is 2. The van der Waals surface area contributed by atoms with Gasteiger partial charge in [0.25, 0.3) is 0 Å². The minimum absolute atomic E-state index is 0.0835. The summed E-state index contributed by atoms with van der Waals surface area (Å²) in [5.41, 5.74) is 3.06. The van der Waals surface area contributed by atoms with Crippen LogP contribution < -0.4 is 9.62 Å². The summed E-state index contributed by atoms with van der Waals surface area (Å²) in [7, 11) is -3.73. The molecular formula is C24H33N3O4S. The van der Waals surface area contributed by atoms with Crippen molar-refractivity contribution in [1.29, 1.82) is 0 Å². The minimum Gasteiger partial charge on any atom is -0.352 e. The number of rotatable bonds is 9. The fraction of sp³-hybridized carbons (Fsp3) is 0.417. The molecule has 0 spiro atoms. The SMILES string of the molecule is Cc1ccccc1CN(C(=O)CN(c1ccccc1C)S(C)(=O)=O)C(C)C(=O)NC(C)C. The Morgan fingerprint density at radius 2 is 1.50 bits per heavy atom. The van der Waals surface area contributed by atoms with E-state index < -0.39 is 28.5 Å². The van der Waals surface area contributed by atoms with Gasteiger partial charge in [0.2, 0.25) is 21.8 Å². The summed E-state index contributed by atoms with van der Waals surface area (Å²) in [5, 5.41) is 2.84. The Hall–Kier alpha value is -2.87. The number of aryl methyl sites for hydroxylation is 2. The Morgan fingerprint density at radius 1 is 0.938 bits per heavy atom. The van der Waals surface area contributed by atoms with Crippen molar-refractivity contribution in [1.82, 2.24) is 10.2 Å². The maximum absolute atomic E-state index is 13.5. The Kier molecular flexibility index (Phi) is 8.44. The first-order valence-corrected chi connectivity index (χ1v) is 12.4. The highest BCUT2D eigenvalue weighted by Crippen LogP contribution is 2.23. The number of hydrogen-bond acceptors (Lipinski definition) is 4. The van der Waals surface area contributed by atoms with Gasteiger partial charge in [0, 0.05) is 12.6 Å². The lowest BCUT2D eigenvalue weighted by molar-refractivity contribution is -0.139. The molecule has 0 heterocycles. The number of para-hydroxylation sites is 1. The van der Waals surface area contributed by atoms with E-state index in [4.69, 9.17) is 0 Å². The maximum Gasteiger partial charge on any atom is 0.244 e. The topological polar surface area (TPSA) is 86.8 Å². The standard InChI is InChI=1S/C24H33N3O4S/c1-17(2)25-24(29)20(5)26(15-21-13-9-7-11-18(21)3)23(28)16-27(32(6,30)31)22-14-10-8-12-19(22)4/h7-14,17,20H,15-16H2,1-6H3,(H,25,29). The van der Waals surface area contributed by atoms with E-state index in [1.807, 2.05) is 51.1 Å². The first-order chi connectivity index (χ1) is 14.9. The Balaban J connectivity index is 2.42. The van der Waals surface area contributed by atoms with Gasteiger partial charge < -0.3 is 10.2 Å². The zero-order chi connectivity index (χ0) is 24.1. The monoisotopic (exact) mass is 459 g/mol. The van der Waals surface area contributed by atoms with Crippen LogP contribution in [0, 0.1) is 13.8 Å². The van der Waals surface area contributed by atoms with Crippen LogP contribution in [0.2, 0.25) is 0 Å². The van der Waals surface area contributed by atoms with E-state index in [9.17, 15) is 18.0 Å². The smallest absolute Gasteiger partial charge is 0.244 e. The predicted octanol–water partition coefficient (Wildman–Crippen LogP) is 3.01. The largest absolute Gasteiger partial charge is 0.352 e. The molecule has 0 bridgehead atoms. The molecule has 8 heteroatoms. The highest BCUT2D eigenvalue weighted by atomic mass is 32.2. The number of hydrogen-bond donors (Lipinski definition) is 1. The second-order valence-electron chi connectivity index (χ2n) is 8.34. The zero-order valence-corrected chi connectivity index (χ0v) is 20.4. The summed E-state index contributed by atoms with van der Waals surface area (Å²) >= 11 is 0. The number of nitrogens with zero attached hydrogens (tertiary/aromatic N) is 2. The molecule has 2 amide bonds. The van der Waals surface area contributed by atoms with Crippen LogP contribution >= 0.6 is 0 Å². The van der Waals surface area contributed by atoms with Crippen LogP contribution in [-0.2, 0) is 26.2 Å². The van der Waals surface area contributed by atoms with Gasteiger partial charge in [-0.3, -0.25) is 13.9 Å². The molecule has 1 N–H and O–H groups in total. The van der Waals surface area contributed by atoms with Crippen LogP contribution in [0.15, 0.2) is 48.5 Å². The summed E-state index contributed by atoms with van der Waals surface area (Å²) in [6.45, 7) is 8.89. The Labute approximate surface area is 191 Å². The zero-order valence-electron chi connectivity index (χ0n) is 19.6. The summed E-state index contributed by atoms with van der Waals surface area (Å²) in [4.78, 5) is 27.7. The van der Waals surface area contributed by atoms with Gasteiger partial charge in [-0.2, -0.15) is 0 Å². The second-order valence-corrected chi connectivity index (χ2v) is 10.3. The third-order valence-electron chi connectivity index (χ3n) is 5.26. The first kappa shape index (κ1) is 25.4. The molecule has 1 unspecified atom stereocenters. The number of carbonyl (C=O) groups is 2. The molecule has 2 aromatic rings. The van der Waals surface area contributed by atoms with Gasteiger partial charge in [-0.1, -0.05) is 42.5 Å². The molecule has 174 valence electrons. The molecule has 0 aromatic heterocycles. The summed E-state index contributed by atoms with van der Waals surface area (Å²) in [6.07, 6.45) is 1.08. The molecule has 0 aliphatic rings. The van der Waals surface area contributed by atoms with E-state index in [1.165, 1.54) is 4.90 Å². The van der Waals surface area contributed by atoms with Gasteiger partial charge in [0.05, 0.1) is 11.9 Å². The lowest BCUT2D eigenvalue weighted by Gasteiger charge is -2.32. The summed E-state index contributed by atoms with van der Waals surface area (Å²) in [6, 6.07) is 13.8. The normalized spacial score (nSPS) is 12.3.